The van der Waals surface area contributed by atoms with Crippen molar-refractivity contribution in [1.29, 1.82) is 5.26 Å². The van der Waals surface area contributed by atoms with Gasteiger partial charge in [-0.05, 0) is 30.3 Å². The lowest BCUT2D eigenvalue weighted by Gasteiger charge is -2.02. The van der Waals surface area contributed by atoms with E-state index in [1.807, 2.05) is 6.07 Å². The van der Waals surface area contributed by atoms with Gasteiger partial charge in [0.2, 0.25) is 5.88 Å². The van der Waals surface area contributed by atoms with Crippen LogP contribution in [0.2, 0.25) is 5.15 Å². The van der Waals surface area contributed by atoms with Gasteiger partial charge in [0.25, 0.3) is 0 Å². The number of aromatic nitrogens is 2. The first kappa shape index (κ1) is 10.4. The molecule has 1 heterocycles. The van der Waals surface area contributed by atoms with Gasteiger partial charge >= 0.3 is 0 Å². The molecule has 2 rings (SSSR count). The Balaban J connectivity index is 2.15. The zero-order valence-corrected chi connectivity index (χ0v) is 8.85. The molecule has 0 aliphatic carbocycles. The number of hydrogen-bond donors (Lipinski definition) is 0. The Kier molecular flexibility index (Phi) is 2.99. The maximum Gasteiger partial charge on any atom is 0.238 e. The van der Waals surface area contributed by atoms with Crippen LogP contribution in [0.5, 0.6) is 11.6 Å². The maximum atomic E-state index is 8.62. The number of rotatable bonds is 2. The number of ether oxygens (including phenoxy) is 1. The van der Waals surface area contributed by atoms with Crippen molar-refractivity contribution in [2.45, 2.75) is 0 Å². The van der Waals surface area contributed by atoms with Crippen LogP contribution in [-0.2, 0) is 0 Å². The van der Waals surface area contributed by atoms with E-state index in [1.165, 1.54) is 0 Å². The summed E-state index contributed by atoms with van der Waals surface area (Å²) in [6.07, 6.45) is 0. The number of halogens is 1. The van der Waals surface area contributed by atoms with E-state index < -0.39 is 0 Å². The standard InChI is InChI=1S/C11H6ClN3O/c12-10-5-6-11(15-14-10)16-9-3-1-8(7-13)2-4-9/h1-6H. The SMILES string of the molecule is N#Cc1ccc(Oc2ccc(Cl)nn2)cc1. The van der Waals surface area contributed by atoms with E-state index in [0.717, 1.165) is 0 Å². The molecular formula is C11H6ClN3O. The minimum Gasteiger partial charge on any atom is -0.438 e. The second kappa shape index (κ2) is 4.60. The highest BCUT2D eigenvalue weighted by atomic mass is 35.5. The summed E-state index contributed by atoms with van der Waals surface area (Å²) in [7, 11) is 0. The van der Waals surface area contributed by atoms with Crippen LogP contribution in [0.3, 0.4) is 0 Å². The second-order valence-electron chi connectivity index (χ2n) is 2.93. The van der Waals surface area contributed by atoms with Crippen LogP contribution in [-0.4, -0.2) is 10.2 Å². The van der Waals surface area contributed by atoms with Gasteiger partial charge < -0.3 is 4.74 Å². The van der Waals surface area contributed by atoms with E-state index in [2.05, 4.69) is 10.2 Å². The lowest BCUT2D eigenvalue weighted by Crippen LogP contribution is -1.90. The molecule has 0 atom stereocenters. The maximum absolute atomic E-state index is 8.62. The highest BCUT2D eigenvalue weighted by Crippen LogP contribution is 2.19. The molecule has 0 N–H and O–H groups in total. The lowest BCUT2D eigenvalue weighted by molar-refractivity contribution is 0.455. The molecule has 0 aliphatic rings. The van der Waals surface area contributed by atoms with Crippen LogP contribution in [0.25, 0.3) is 0 Å². The summed E-state index contributed by atoms with van der Waals surface area (Å²) in [5.41, 5.74) is 0.578. The topological polar surface area (TPSA) is 58.8 Å². The Morgan fingerprint density at radius 3 is 2.38 bits per heavy atom. The molecule has 1 aromatic carbocycles. The quantitative estimate of drug-likeness (QED) is 0.797. The first-order chi connectivity index (χ1) is 7.78. The molecule has 0 amide bonds. The Morgan fingerprint density at radius 2 is 1.81 bits per heavy atom. The van der Waals surface area contributed by atoms with Gasteiger partial charge in [0.15, 0.2) is 5.15 Å². The summed E-state index contributed by atoms with van der Waals surface area (Å²) >= 11 is 5.59. The predicted octanol–water partition coefficient (Wildman–Crippen LogP) is 2.79. The van der Waals surface area contributed by atoms with Gasteiger partial charge in [0.05, 0.1) is 11.6 Å². The van der Waals surface area contributed by atoms with E-state index in [-0.39, 0.29) is 0 Å². The second-order valence-corrected chi connectivity index (χ2v) is 3.32. The Labute approximate surface area is 97.1 Å². The molecule has 0 bridgehead atoms. The smallest absolute Gasteiger partial charge is 0.238 e. The van der Waals surface area contributed by atoms with Gasteiger partial charge in [-0.25, -0.2) is 0 Å². The highest BCUT2D eigenvalue weighted by molar-refractivity contribution is 6.29. The molecule has 0 saturated heterocycles. The van der Waals surface area contributed by atoms with E-state index in [9.17, 15) is 0 Å². The van der Waals surface area contributed by atoms with Gasteiger partial charge in [0.1, 0.15) is 5.75 Å². The molecule has 1 aromatic heterocycles. The summed E-state index contributed by atoms with van der Waals surface area (Å²) in [6.45, 7) is 0. The average molecular weight is 232 g/mol. The number of hydrogen-bond acceptors (Lipinski definition) is 4. The molecule has 4 nitrogen and oxygen atoms in total. The van der Waals surface area contributed by atoms with Gasteiger partial charge in [0, 0.05) is 6.07 Å². The minimum atomic E-state index is 0.312. The van der Waals surface area contributed by atoms with E-state index in [0.29, 0.717) is 22.3 Å². The van der Waals surface area contributed by atoms with Crippen molar-refractivity contribution in [1.82, 2.24) is 10.2 Å². The fourth-order valence-corrected chi connectivity index (χ4v) is 1.18. The van der Waals surface area contributed by atoms with E-state index in [1.54, 1.807) is 36.4 Å². The average Bonchev–Trinajstić information content (AvgIpc) is 2.33. The van der Waals surface area contributed by atoms with E-state index >= 15 is 0 Å². The minimum absolute atomic E-state index is 0.312. The van der Waals surface area contributed by atoms with Crippen molar-refractivity contribution in [3.63, 3.8) is 0 Å². The molecular weight excluding hydrogens is 226 g/mol. The third-order valence-corrected chi connectivity index (χ3v) is 2.01. The van der Waals surface area contributed by atoms with Crippen molar-refractivity contribution in [2.24, 2.45) is 0 Å². The van der Waals surface area contributed by atoms with E-state index in [4.69, 9.17) is 21.6 Å². The molecule has 0 fully saturated rings. The zero-order chi connectivity index (χ0) is 11.4. The van der Waals surface area contributed by atoms with Gasteiger partial charge in [-0.1, -0.05) is 11.6 Å². The van der Waals surface area contributed by atoms with Crippen LogP contribution in [0.1, 0.15) is 5.56 Å². The largest absolute Gasteiger partial charge is 0.438 e. The van der Waals surface area contributed by atoms with Crippen molar-refractivity contribution in [3.05, 3.63) is 47.1 Å². The van der Waals surface area contributed by atoms with Crippen LogP contribution in [0.15, 0.2) is 36.4 Å². The predicted molar refractivity (Wildman–Crippen MR) is 58.3 cm³/mol. The Morgan fingerprint density at radius 1 is 1.06 bits per heavy atom. The molecule has 78 valence electrons. The molecule has 0 saturated carbocycles. The van der Waals surface area contributed by atoms with Gasteiger partial charge in [-0.15, -0.1) is 10.2 Å². The van der Waals surface area contributed by atoms with Crippen LogP contribution >= 0.6 is 11.6 Å². The third kappa shape index (κ3) is 2.47. The fraction of sp³-hybridized carbons (Fsp3) is 0. The summed E-state index contributed by atoms with van der Waals surface area (Å²) in [5.74, 6) is 0.949. The van der Waals surface area contributed by atoms with Crippen molar-refractivity contribution < 1.29 is 4.74 Å². The summed E-state index contributed by atoms with van der Waals surface area (Å²) in [4.78, 5) is 0. The number of benzene rings is 1. The van der Waals surface area contributed by atoms with Crippen molar-refractivity contribution in [2.75, 3.05) is 0 Å². The molecule has 5 heteroatoms. The first-order valence-corrected chi connectivity index (χ1v) is 4.83. The Hall–Kier alpha value is -2.12. The zero-order valence-electron chi connectivity index (χ0n) is 8.09. The third-order valence-electron chi connectivity index (χ3n) is 1.81. The monoisotopic (exact) mass is 231 g/mol. The van der Waals surface area contributed by atoms with Crippen LogP contribution in [0.4, 0.5) is 0 Å². The summed E-state index contributed by atoms with van der Waals surface area (Å²) in [5, 5.41) is 16.3. The van der Waals surface area contributed by atoms with Gasteiger partial charge in [-0.3, -0.25) is 0 Å². The van der Waals surface area contributed by atoms with Crippen LogP contribution < -0.4 is 4.74 Å². The summed E-state index contributed by atoms with van der Waals surface area (Å²) in [6, 6.07) is 11.9. The molecule has 0 radical (unpaired) electrons. The van der Waals surface area contributed by atoms with Gasteiger partial charge in [-0.2, -0.15) is 5.26 Å². The molecule has 0 unspecified atom stereocenters. The van der Waals surface area contributed by atoms with Crippen molar-refractivity contribution in [3.8, 4) is 17.7 Å². The highest BCUT2D eigenvalue weighted by Gasteiger charge is 1.99. The number of nitrogens with zero attached hydrogens (tertiary/aromatic N) is 3. The van der Waals surface area contributed by atoms with Crippen molar-refractivity contribution >= 4 is 11.6 Å². The molecule has 0 spiro atoms. The Bertz CT molecular complexity index is 516. The normalized spacial score (nSPS) is 9.50. The first-order valence-electron chi connectivity index (χ1n) is 4.45. The molecule has 16 heavy (non-hydrogen) atoms. The lowest BCUT2D eigenvalue weighted by atomic mass is 10.2. The van der Waals surface area contributed by atoms with Crippen LogP contribution in [0, 0.1) is 11.3 Å². The molecule has 2 aromatic rings. The summed E-state index contributed by atoms with van der Waals surface area (Å²) < 4.78 is 5.39. The molecule has 0 aliphatic heterocycles. The fourth-order valence-electron chi connectivity index (χ4n) is 1.08. The number of nitriles is 1.